The van der Waals surface area contributed by atoms with E-state index in [4.69, 9.17) is 4.74 Å². The van der Waals surface area contributed by atoms with Crippen LogP contribution >= 0.6 is 0 Å². The number of nitrogens with one attached hydrogen (secondary N) is 1. The van der Waals surface area contributed by atoms with Crippen LogP contribution in [0.2, 0.25) is 0 Å². The molecule has 2 aliphatic heterocycles. The minimum absolute atomic E-state index is 0.103. The lowest BCUT2D eigenvalue weighted by atomic mass is 10.00. The number of amides is 1. The highest BCUT2D eigenvalue weighted by molar-refractivity contribution is 7.92. The number of sulfonamides is 1. The number of hydrogen-bond acceptors (Lipinski definition) is 7. The van der Waals surface area contributed by atoms with Crippen LogP contribution in [-0.2, 0) is 27.7 Å². The number of rotatable bonds is 5. The van der Waals surface area contributed by atoms with Crippen LogP contribution in [-0.4, -0.2) is 52.0 Å². The standard InChI is InChI=1S/C18H21N5O4S/c1-22(2)17-14(10-19-18(20-17)27-3)21-28(25,26)13-8-11-4-5-15(24)23-7-6-12(9-13)16(11)23/h8-10,21H,4-7H2,1-3H3. The van der Waals surface area contributed by atoms with E-state index in [0.717, 1.165) is 16.8 Å². The Bertz CT molecular complexity index is 1070. The fraction of sp³-hybridized carbons (Fsp3) is 0.389. The maximum Gasteiger partial charge on any atom is 0.318 e. The molecule has 2 aliphatic rings. The third-order valence-electron chi connectivity index (χ3n) is 4.93. The molecule has 0 saturated carbocycles. The minimum atomic E-state index is -3.85. The molecule has 0 saturated heterocycles. The van der Waals surface area contributed by atoms with Crippen molar-refractivity contribution < 1.29 is 17.9 Å². The summed E-state index contributed by atoms with van der Waals surface area (Å²) in [5, 5.41) is 0. The van der Waals surface area contributed by atoms with Gasteiger partial charge in [-0.25, -0.2) is 13.4 Å². The first-order valence-corrected chi connectivity index (χ1v) is 10.4. The number of methoxy groups -OCH3 is 1. The zero-order valence-electron chi connectivity index (χ0n) is 15.9. The predicted molar refractivity (Wildman–Crippen MR) is 105 cm³/mol. The summed E-state index contributed by atoms with van der Waals surface area (Å²) in [6.45, 7) is 0.606. The van der Waals surface area contributed by atoms with Crippen LogP contribution in [0, 0.1) is 0 Å². The van der Waals surface area contributed by atoms with E-state index in [9.17, 15) is 13.2 Å². The van der Waals surface area contributed by atoms with Crippen molar-refractivity contribution >= 4 is 33.1 Å². The van der Waals surface area contributed by atoms with Crippen molar-refractivity contribution in [1.29, 1.82) is 0 Å². The summed E-state index contributed by atoms with van der Waals surface area (Å²) in [5.74, 6) is 0.501. The SMILES string of the molecule is COc1ncc(NS(=O)(=O)c2cc3c4c(c2)CCN4C(=O)CC3)c(N(C)C)n1. The molecule has 2 aromatic rings. The van der Waals surface area contributed by atoms with Gasteiger partial charge in [-0.3, -0.25) is 9.52 Å². The Morgan fingerprint density at radius 3 is 2.57 bits per heavy atom. The summed E-state index contributed by atoms with van der Waals surface area (Å²) in [5.41, 5.74) is 2.94. The molecule has 0 atom stereocenters. The van der Waals surface area contributed by atoms with Gasteiger partial charge < -0.3 is 14.5 Å². The molecule has 0 fully saturated rings. The molecule has 1 N–H and O–H groups in total. The van der Waals surface area contributed by atoms with Gasteiger partial charge in [0.2, 0.25) is 5.91 Å². The van der Waals surface area contributed by atoms with Crippen molar-refractivity contribution in [2.75, 3.05) is 42.3 Å². The van der Waals surface area contributed by atoms with Gasteiger partial charge in [0.15, 0.2) is 5.82 Å². The third-order valence-corrected chi connectivity index (χ3v) is 6.28. The van der Waals surface area contributed by atoms with E-state index < -0.39 is 10.0 Å². The second kappa shape index (κ2) is 6.62. The van der Waals surface area contributed by atoms with Crippen LogP contribution in [0.4, 0.5) is 17.2 Å². The second-order valence-electron chi connectivity index (χ2n) is 6.98. The van der Waals surface area contributed by atoms with Gasteiger partial charge in [-0.05, 0) is 36.1 Å². The van der Waals surface area contributed by atoms with Crippen molar-refractivity contribution in [2.24, 2.45) is 0 Å². The quantitative estimate of drug-likeness (QED) is 0.799. The monoisotopic (exact) mass is 403 g/mol. The lowest BCUT2D eigenvalue weighted by Gasteiger charge is -2.26. The van der Waals surface area contributed by atoms with Gasteiger partial charge in [-0.2, -0.15) is 4.98 Å². The molecule has 148 valence electrons. The van der Waals surface area contributed by atoms with Crippen LogP contribution in [0.5, 0.6) is 6.01 Å². The Balaban J connectivity index is 1.72. The number of nitrogens with zero attached hydrogens (tertiary/aromatic N) is 4. The molecule has 3 heterocycles. The molecular weight excluding hydrogens is 382 g/mol. The largest absolute Gasteiger partial charge is 0.467 e. The number of benzene rings is 1. The Morgan fingerprint density at radius 1 is 1.18 bits per heavy atom. The minimum Gasteiger partial charge on any atom is -0.467 e. The zero-order valence-corrected chi connectivity index (χ0v) is 16.7. The van der Waals surface area contributed by atoms with Gasteiger partial charge in [0.1, 0.15) is 5.69 Å². The summed E-state index contributed by atoms with van der Waals surface area (Å²) in [4.78, 5) is 23.9. The molecule has 4 rings (SSSR count). The summed E-state index contributed by atoms with van der Waals surface area (Å²) in [6, 6.07) is 3.46. The summed E-state index contributed by atoms with van der Waals surface area (Å²) in [7, 11) is 1.11. The molecule has 10 heteroatoms. The smallest absolute Gasteiger partial charge is 0.318 e. The number of carbonyl (C=O) groups is 1. The lowest BCUT2D eigenvalue weighted by Crippen LogP contribution is -2.33. The third kappa shape index (κ3) is 3.03. The van der Waals surface area contributed by atoms with Gasteiger partial charge in [0, 0.05) is 27.1 Å². The maximum atomic E-state index is 13.1. The molecule has 1 aromatic heterocycles. The maximum absolute atomic E-state index is 13.1. The van der Waals surface area contributed by atoms with E-state index in [1.54, 1.807) is 36.0 Å². The van der Waals surface area contributed by atoms with E-state index in [0.29, 0.717) is 31.6 Å². The first kappa shape index (κ1) is 18.5. The molecule has 0 spiro atoms. The molecule has 1 aromatic carbocycles. The Hall–Kier alpha value is -2.88. The fourth-order valence-corrected chi connectivity index (χ4v) is 4.80. The Morgan fingerprint density at radius 2 is 1.89 bits per heavy atom. The topological polar surface area (TPSA) is 105 Å². The first-order valence-electron chi connectivity index (χ1n) is 8.87. The van der Waals surface area contributed by atoms with Crippen molar-refractivity contribution in [3.8, 4) is 6.01 Å². The van der Waals surface area contributed by atoms with Crippen molar-refractivity contribution in [3.05, 3.63) is 29.5 Å². The van der Waals surface area contributed by atoms with Crippen molar-refractivity contribution in [2.45, 2.75) is 24.2 Å². The van der Waals surface area contributed by atoms with Crippen LogP contribution < -0.4 is 19.3 Å². The first-order chi connectivity index (χ1) is 13.3. The number of aromatic nitrogens is 2. The second-order valence-corrected chi connectivity index (χ2v) is 8.66. The predicted octanol–water partition coefficient (Wildman–Crippen LogP) is 1.19. The Labute approximate surface area is 163 Å². The molecule has 0 unspecified atom stereocenters. The highest BCUT2D eigenvalue weighted by Crippen LogP contribution is 2.39. The van der Waals surface area contributed by atoms with E-state index >= 15 is 0 Å². The molecule has 0 bridgehead atoms. The molecule has 1 amide bonds. The van der Waals surface area contributed by atoms with E-state index in [1.807, 2.05) is 0 Å². The highest BCUT2D eigenvalue weighted by Gasteiger charge is 2.33. The lowest BCUT2D eigenvalue weighted by molar-refractivity contribution is -0.118. The van der Waals surface area contributed by atoms with Gasteiger partial charge in [0.25, 0.3) is 10.0 Å². The average Bonchev–Trinajstić information content (AvgIpc) is 3.10. The molecule has 9 nitrogen and oxygen atoms in total. The van der Waals surface area contributed by atoms with E-state index in [-0.39, 0.29) is 22.5 Å². The van der Waals surface area contributed by atoms with Crippen molar-refractivity contribution in [1.82, 2.24) is 9.97 Å². The molecule has 28 heavy (non-hydrogen) atoms. The number of ether oxygens (including phenoxy) is 1. The van der Waals surface area contributed by atoms with Gasteiger partial charge in [-0.15, -0.1) is 0 Å². The van der Waals surface area contributed by atoms with E-state index in [1.165, 1.54) is 13.3 Å². The van der Waals surface area contributed by atoms with E-state index in [2.05, 4.69) is 14.7 Å². The number of aryl methyl sites for hydroxylation is 1. The van der Waals surface area contributed by atoms with Crippen LogP contribution in [0.1, 0.15) is 17.5 Å². The number of hydrogen-bond donors (Lipinski definition) is 1. The van der Waals surface area contributed by atoms with Crippen molar-refractivity contribution in [3.63, 3.8) is 0 Å². The average molecular weight is 403 g/mol. The Kier molecular flexibility index (Phi) is 4.37. The fourth-order valence-electron chi connectivity index (χ4n) is 3.65. The molecule has 0 radical (unpaired) electrons. The molecular formula is C18H21N5O4S. The summed E-state index contributed by atoms with van der Waals surface area (Å²) >= 11 is 0. The zero-order chi connectivity index (χ0) is 20.1. The van der Waals surface area contributed by atoms with Crippen LogP contribution in [0.3, 0.4) is 0 Å². The van der Waals surface area contributed by atoms with Gasteiger partial charge in [0.05, 0.1) is 23.9 Å². The highest BCUT2D eigenvalue weighted by atomic mass is 32.2. The summed E-state index contributed by atoms with van der Waals surface area (Å²) in [6.07, 6.45) is 3.00. The number of anilines is 3. The van der Waals surface area contributed by atoms with Gasteiger partial charge in [-0.1, -0.05) is 0 Å². The molecule has 0 aliphatic carbocycles. The van der Waals surface area contributed by atoms with Gasteiger partial charge >= 0.3 is 6.01 Å². The van der Waals surface area contributed by atoms with Crippen LogP contribution in [0.15, 0.2) is 23.2 Å². The normalized spacial score (nSPS) is 15.4. The summed E-state index contributed by atoms with van der Waals surface area (Å²) < 4.78 is 33.7. The van der Waals surface area contributed by atoms with Crippen LogP contribution in [0.25, 0.3) is 0 Å². The number of carbonyl (C=O) groups excluding carboxylic acids is 1.